The number of benzene rings is 1. The average molecular weight is 356 g/mol. The number of nitrogens with two attached hydrogens (primary N) is 1. The molecule has 0 fully saturated rings. The highest BCUT2D eigenvalue weighted by Crippen LogP contribution is 2.24. The number of primary amides is 1. The van der Waals surface area contributed by atoms with Crippen molar-refractivity contribution < 1.29 is 13.2 Å². The number of pyridine rings is 1. The van der Waals surface area contributed by atoms with E-state index in [0.717, 1.165) is 17.2 Å². The first-order valence-electron chi connectivity index (χ1n) is 7.35. The van der Waals surface area contributed by atoms with Gasteiger partial charge in [-0.2, -0.15) is 0 Å². The third-order valence-electron chi connectivity index (χ3n) is 3.55. The van der Waals surface area contributed by atoms with E-state index < -0.39 is 15.9 Å². The molecule has 0 spiro atoms. The van der Waals surface area contributed by atoms with Crippen LogP contribution in [0.15, 0.2) is 48.8 Å². The van der Waals surface area contributed by atoms with Gasteiger partial charge in [0, 0.05) is 34.6 Å². The number of H-pyrrole nitrogens is 1. The molecule has 25 heavy (non-hydrogen) atoms. The number of carbonyl (C=O) groups excluding carboxylic acids is 1. The van der Waals surface area contributed by atoms with Crippen LogP contribution in [0.3, 0.4) is 0 Å². The number of hydrogen-bond acceptors (Lipinski definition) is 4. The normalized spacial score (nSPS) is 12.3. The molecule has 0 radical (unpaired) electrons. The highest BCUT2D eigenvalue weighted by Gasteiger charge is 2.11. The largest absolute Gasteiger partial charge is 0.366 e. The standard InChI is InChI=1S/C17H16N4O3S/c1-25(23,24)21-13-6-4-11(5-7-13)15(16(18)22)9-12-10-20-17-14(12)3-2-8-19-17/h2-10,21H,1H3,(H2,18,22)(H,19,20)/b15-9-. The van der Waals surface area contributed by atoms with Crippen molar-refractivity contribution in [1.29, 1.82) is 0 Å². The molecule has 8 heteroatoms. The molecule has 3 rings (SSSR count). The topological polar surface area (TPSA) is 118 Å². The monoisotopic (exact) mass is 356 g/mol. The quantitative estimate of drug-likeness (QED) is 0.606. The number of nitrogens with one attached hydrogen (secondary N) is 2. The van der Waals surface area contributed by atoms with E-state index in [0.29, 0.717) is 22.5 Å². The van der Waals surface area contributed by atoms with E-state index in [1.165, 1.54) is 0 Å². The number of hydrogen-bond donors (Lipinski definition) is 3. The minimum absolute atomic E-state index is 0.315. The van der Waals surface area contributed by atoms with Crippen LogP contribution in [-0.2, 0) is 14.8 Å². The summed E-state index contributed by atoms with van der Waals surface area (Å²) in [6.45, 7) is 0. The van der Waals surface area contributed by atoms with Gasteiger partial charge in [0.1, 0.15) is 5.65 Å². The molecule has 2 aromatic heterocycles. The predicted octanol–water partition coefficient (Wildman–Crippen LogP) is 1.96. The van der Waals surface area contributed by atoms with E-state index in [2.05, 4.69) is 14.7 Å². The lowest BCUT2D eigenvalue weighted by Gasteiger charge is -2.07. The van der Waals surface area contributed by atoms with Gasteiger partial charge in [-0.05, 0) is 35.9 Å². The molecule has 1 aromatic carbocycles. The van der Waals surface area contributed by atoms with Gasteiger partial charge >= 0.3 is 0 Å². The summed E-state index contributed by atoms with van der Waals surface area (Å²) in [5.74, 6) is -0.581. The van der Waals surface area contributed by atoms with Crippen molar-refractivity contribution in [3.05, 3.63) is 59.9 Å². The van der Waals surface area contributed by atoms with Crippen molar-refractivity contribution in [2.24, 2.45) is 5.73 Å². The molecule has 0 aliphatic carbocycles. The molecular formula is C17H16N4O3S. The lowest BCUT2D eigenvalue weighted by Crippen LogP contribution is -2.13. The van der Waals surface area contributed by atoms with Crippen LogP contribution in [0.4, 0.5) is 5.69 Å². The summed E-state index contributed by atoms with van der Waals surface area (Å²) in [5, 5.41) is 0.872. The van der Waals surface area contributed by atoms with Gasteiger partial charge in [-0.3, -0.25) is 9.52 Å². The van der Waals surface area contributed by atoms with Gasteiger partial charge in [-0.1, -0.05) is 12.1 Å². The minimum Gasteiger partial charge on any atom is -0.366 e. The zero-order valence-corrected chi connectivity index (χ0v) is 14.2. The molecule has 0 aliphatic heterocycles. The SMILES string of the molecule is CS(=O)(=O)Nc1ccc(/C(=C/c2c[nH]c3ncccc23)C(N)=O)cc1. The van der Waals surface area contributed by atoms with Crippen LogP contribution in [0.2, 0.25) is 0 Å². The van der Waals surface area contributed by atoms with Gasteiger partial charge in [0.15, 0.2) is 0 Å². The third-order valence-corrected chi connectivity index (χ3v) is 4.15. The fourth-order valence-electron chi connectivity index (χ4n) is 2.48. The molecule has 3 aromatic rings. The molecule has 0 bridgehead atoms. The molecule has 0 aliphatic rings. The predicted molar refractivity (Wildman–Crippen MR) is 98.1 cm³/mol. The summed E-state index contributed by atoms with van der Waals surface area (Å²) in [5.41, 5.74) is 8.34. The van der Waals surface area contributed by atoms with Crippen LogP contribution in [0.1, 0.15) is 11.1 Å². The van der Waals surface area contributed by atoms with Gasteiger partial charge < -0.3 is 10.7 Å². The van der Waals surface area contributed by atoms with E-state index in [-0.39, 0.29) is 0 Å². The maximum absolute atomic E-state index is 11.9. The maximum Gasteiger partial charge on any atom is 0.249 e. The first-order valence-corrected chi connectivity index (χ1v) is 9.24. The van der Waals surface area contributed by atoms with Crippen LogP contribution < -0.4 is 10.5 Å². The highest BCUT2D eigenvalue weighted by molar-refractivity contribution is 7.92. The number of sulfonamides is 1. The molecule has 128 valence electrons. The van der Waals surface area contributed by atoms with Crippen molar-refractivity contribution in [3.8, 4) is 0 Å². The Bertz CT molecular complexity index is 1070. The number of fused-ring (bicyclic) bond motifs is 1. The van der Waals surface area contributed by atoms with Crippen LogP contribution in [0.5, 0.6) is 0 Å². The van der Waals surface area contributed by atoms with Crippen molar-refractivity contribution in [2.45, 2.75) is 0 Å². The Morgan fingerprint density at radius 1 is 1.24 bits per heavy atom. The lowest BCUT2D eigenvalue weighted by molar-refractivity contribution is -0.112. The molecule has 0 atom stereocenters. The van der Waals surface area contributed by atoms with Crippen molar-refractivity contribution >= 4 is 44.3 Å². The first kappa shape index (κ1) is 16.7. The Labute approximate surface area is 144 Å². The second-order valence-corrected chi connectivity index (χ2v) is 7.27. The summed E-state index contributed by atoms with van der Waals surface area (Å²) in [7, 11) is -3.36. The maximum atomic E-state index is 11.9. The molecular weight excluding hydrogens is 340 g/mol. The van der Waals surface area contributed by atoms with Crippen LogP contribution in [-0.4, -0.2) is 30.5 Å². The zero-order valence-electron chi connectivity index (χ0n) is 13.4. The summed E-state index contributed by atoms with van der Waals surface area (Å²) >= 11 is 0. The highest BCUT2D eigenvalue weighted by atomic mass is 32.2. The summed E-state index contributed by atoms with van der Waals surface area (Å²) in [4.78, 5) is 19.1. The number of aromatic nitrogens is 2. The Balaban J connectivity index is 2.00. The molecule has 1 amide bonds. The lowest BCUT2D eigenvalue weighted by atomic mass is 10.0. The number of carbonyl (C=O) groups is 1. The number of amides is 1. The van der Waals surface area contributed by atoms with Crippen molar-refractivity contribution in [3.63, 3.8) is 0 Å². The molecule has 7 nitrogen and oxygen atoms in total. The van der Waals surface area contributed by atoms with Crippen molar-refractivity contribution in [1.82, 2.24) is 9.97 Å². The van der Waals surface area contributed by atoms with Crippen LogP contribution in [0, 0.1) is 0 Å². The second kappa shape index (κ2) is 6.40. The van der Waals surface area contributed by atoms with E-state index >= 15 is 0 Å². The fraction of sp³-hybridized carbons (Fsp3) is 0.0588. The number of rotatable bonds is 5. The Hall–Kier alpha value is -3.13. The third kappa shape index (κ3) is 3.86. The molecule has 0 saturated heterocycles. The van der Waals surface area contributed by atoms with Gasteiger partial charge in [-0.25, -0.2) is 13.4 Å². The molecule has 2 heterocycles. The van der Waals surface area contributed by atoms with E-state index in [4.69, 9.17) is 5.73 Å². The second-order valence-electron chi connectivity index (χ2n) is 5.52. The number of aromatic amines is 1. The first-order chi connectivity index (χ1) is 11.8. The Kier molecular flexibility index (Phi) is 4.28. The van der Waals surface area contributed by atoms with E-state index in [9.17, 15) is 13.2 Å². The Morgan fingerprint density at radius 2 is 1.96 bits per heavy atom. The summed E-state index contributed by atoms with van der Waals surface area (Å²) < 4.78 is 24.9. The van der Waals surface area contributed by atoms with E-state index in [1.54, 1.807) is 42.7 Å². The minimum atomic E-state index is -3.36. The average Bonchev–Trinajstić information content (AvgIpc) is 2.95. The van der Waals surface area contributed by atoms with E-state index in [1.807, 2.05) is 12.1 Å². The summed E-state index contributed by atoms with van der Waals surface area (Å²) in [6, 6.07) is 10.1. The van der Waals surface area contributed by atoms with Gasteiger partial charge in [0.25, 0.3) is 0 Å². The van der Waals surface area contributed by atoms with Gasteiger partial charge in [0.2, 0.25) is 15.9 Å². The van der Waals surface area contributed by atoms with Crippen molar-refractivity contribution in [2.75, 3.05) is 11.0 Å². The molecule has 4 N–H and O–H groups in total. The summed E-state index contributed by atoms with van der Waals surface area (Å²) in [6.07, 6.45) is 6.18. The van der Waals surface area contributed by atoms with Gasteiger partial charge in [-0.15, -0.1) is 0 Å². The zero-order chi connectivity index (χ0) is 18.0. The smallest absolute Gasteiger partial charge is 0.249 e. The van der Waals surface area contributed by atoms with Gasteiger partial charge in [0.05, 0.1) is 6.26 Å². The Morgan fingerprint density at radius 3 is 2.60 bits per heavy atom. The van der Waals surface area contributed by atoms with Crippen LogP contribution >= 0.6 is 0 Å². The molecule has 0 saturated carbocycles. The molecule has 0 unspecified atom stereocenters. The number of nitrogens with zero attached hydrogens (tertiary/aromatic N) is 1. The number of anilines is 1. The van der Waals surface area contributed by atoms with Crippen LogP contribution in [0.25, 0.3) is 22.7 Å². The fourth-order valence-corrected chi connectivity index (χ4v) is 3.04.